The lowest BCUT2D eigenvalue weighted by molar-refractivity contribution is -0.121. The summed E-state index contributed by atoms with van der Waals surface area (Å²) in [6, 6.07) is 12.0. The van der Waals surface area contributed by atoms with Crippen LogP contribution in [0.3, 0.4) is 0 Å². The van der Waals surface area contributed by atoms with Crippen molar-refractivity contribution >= 4 is 34.4 Å². The highest BCUT2D eigenvalue weighted by atomic mass is 35.5. The third-order valence-corrected chi connectivity index (χ3v) is 3.92. The predicted octanol–water partition coefficient (Wildman–Crippen LogP) is 2.11. The minimum atomic E-state index is -0.419. The number of nitrogens with zero attached hydrogens (tertiary/aromatic N) is 3. The van der Waals surface area contributed by atoms with Crippen molar-refractivity contribution in [3.05, 3.63) is 58.6 Å². The maximum Gasteiger partial charge on any atom is 0.269 e. The van der Waals surface area contributed by atoms with E-state index < -0.39 is 5.91 Å². The number of hydrogen-bond donors (Lipinski definition) is 2. The van der Waals surface area contributed by atoms with Gasteiger partial charge < -0.3 is 0 Å². The van der Waals surface area contributed by atoms with Gasteiger partial charge in [-0.25, -0.2) is 4.68 Å². The summed E-state index contributed by atoms with van der Waals surface area (Å²) in [6.45, 7) is 2.66. The molecule has 0 aliphatic heterocycles. The molecule has 0 saturated carbocycles. The first-order valence-corrected chi connectivity index (χ1v) is 8.11. The van der Waals surface area contributed by atoms with E-state index in [0.29, 0.717) is 22.6 Å². The lowest BCUT2D eigenvalue weighted by Gasteiger charge is -2.08. The number of benzene rings is 2. The molecule has 7 nitrogen and oxygen atoms in total. The van der Waals surface area contributed by atoms with Gasteiger partial charge in [0, 0.05) is 17.1 Å². The highest BCUT2D eigenvalue weighted by Crippen LogP contribution is 2.13. The van der Waals surface area contributed by atoms with Crippen LogP contribution in [0.2, 0.25) is 5.02 Å². The van der Waals surface area contributed by atoms with E-state index in [-0.39, 0.29) is 12.3 Å². The zero-order valence-corrected chi connectivity index (χ0v) is 14.2. The summed E-state index contributed by atoms with van der Waals surface area (Å²) in [5.41, 5.74) is 7.46. The van der Waals surface area contributed by atoms with E-state index >= 15 is 0 Å². The van der Waals surface area contributed by atoms with Crippen LogP contribution in [0, 0.1) is 0 Å². The first-order chi connectivity index (χ1) is 12.1. The Hall–Kier alpha value is -2.93. The van der Waals surface area contributed by atoms with Gasteiger partial charge in [0.25, 0.3) is 5.91 Å². The third kappa shape index (κ3) is 3.95. The highest BCUT2D eigenvalue weighted by molar-refractivity contribution is 6.30. The van der Waals surface area contributed by atoms with Gasteiger partial charge in [-0.15, -0.1) is 5.10 Å². The summed E-state index contributed by atoms with van der Waals surface area (Å²) in [4.78, 5) is 24.1. The Balaban J connectivity index is 1.60. The summed E-state index contributed by atoms with van der Waals surface area (Å²) in [7, 11) is 0. The zero-order chi connectivity index (χ0) is 17.8. The van der Waals surface area contributed by atoms with Crippen molar-refractivity contribution in [2.45, 2.75) is 19.9 Å². The van der Waals surface area contributed by atoms with Crippen molar-refractivity contribution in [1.29, 1.82) is 0 Å². The van der Waals surface area contributed by atoms with Crippen molar-refractivity contribution in [2.75, 3.05) is 0 Å². The zero-order valence-electron chi connectivity index (χ0n) is 13.5. The summed E-state index contributed by atoms with van der Waals surface area (Å²) in [5.74, 6) is -0.744. The van der Waals surface area contributed by atoms with Gasteiger partial charge in [0.2, 0.25) is 5.91 Å². The fourth-order valence-corrected chi connectivity index (χ4v) is 2.50. The number of hydrogen-bond acceptors (Lipinski definition) is 4. The number of amides is 2. The van der Waals surface area contributed by atoms with Crippen LogP contribution >= 0.6 is 11.6 Å². The number of aromatic nitrogens is 3. The number of halogens is 1. The van der Waals surface area contributed by atoms with Crippen LogP contribution in [0.1, 0.15) is 22.8 Å². The number of fused-ring (bicyclic) bond motifs is 1. The summed E-state index contributed by atoms with van der Waals surface area (Å²) < 4.78 is 1.74. The predicted molar refractivity (Wildman–Crippen MR) is 94.0 cm³/mol. The van der Waals surface area contributed by atoms with Crippen LogP contribution in [-0.2, 0) is 17.8 Å². The summed E-state index contributed by atoms with van der Waals surface area (Å²) in [6.07, 6.45) is 0.140. The highest BCUT2D eigenvalue weighted by Gasteiger charge is 2.11. The van der Waals surface area contributed by atoms with E-state index in [2.05, 4.69) is 21.2 Å². The molecule has 1 aromatic heterocycles. The van der Waals surface area contributed by atoms with Crippen molar-refractivity contribution < 1.29 is 9.59 Å². The molecule has 0 unspecified atom stereocenters. The molecule has 128 valence electrons. The van der Waals surface area contributed by atoms with Crippen molar-refractivity contribution in [3.8, 4) is 0 Å². The number of nitrogens with one attached hydrogen (secondary N) is 2. The topological polar surface area (TPSA) is 88.9 Å². The van der Waals surface area contributed by atoms with E-state index in [1.165, 1.54) is 0 Å². The molecular weight excluding hydrogens is 342 g/mol. The van der Waals surface area contributed by atoms with Gasteiger partial charge in [0.1, 0.15) is 5.52 Å². The lowest BCUT2D eigenvalue weighted by atomic mass is 10.1. The quantitative estimate of drug-likeness (QED) is 0.700. The first kappa shape index (κ1) is 16.9. The molecule has 0 radical (unpaired) electrons. The number of rotatable bonds is 4. The summed E-state index contributed by atoms with van der Waals surface area (Å²) >= 11 is 5.80. The third-order valence-electron chi connectivity index (χ3n) is 3.67. The normalized spacial score (nSPS) is 10.6. The number of aryl methyl sites for hydroxylation is 1. The van der Waals surface area contributed by atoms with E-state index in [0.717, 1.165) is 11.1 Å². The fraction of sp³-hybridized carbons (Fsp3) is 0.176. The average Bonchev–Trinajstić information content (AvgIpc) is 3.04. The largest absolute Gasteiger partial charge is 0.273 e. The second-order valence-corrected chi connectivity index (χ2v) is 5.85. The Morgan fingerprint density at radius 2 is 1.88 bits per heavy atom. The SMILES string of the molecule is CCn1nnc2cc(C(=O)NNC(=O)Cc3ccc(Cl)cc3)ccc21. The van der Waals surface area contributed by atoms with Crippen LogP contribution in [0.4, 0.5) is 0 Å². The molecule has 0 saturated heterocycles. The van der Waals surface area contributed by atoms with E-state index in [1.807, 2.05) is 6.92 Å². The van der Waals surface area contributed by atoms with Gasteiger partial charge in [0.15, 0.2) is 0 Å². The molecule has 0 aliphatic carbocycles. The molecule has 2 N–H and O–H groups in total. The molecular formula is C17H16ClN5O2. The van der Waals surface area contributed by atoms with Crippen LogP contribution in [-0.4, -0.2) is 26.8 Å². The standard InChI is InChI=1S/C17H16ClN5O2/c1-2-23-15-8-5-12(10-14(15)19-22-23)17(25)21-20-16(24)9-11-3-6-13(18)7-4-11/h3-8,10H,2,9H2,1H3,(H,20,24)(H,21,25). The Bertz CT molecular complexity index is 920. The molecule has 0 spiro atoms. The van der Waals surface area contributed by atoms with Crippen molar-refractivity contribution in [2.24, 2.45) is 0 Å². The second-order valence-electron chi connectivity index (χ2n) is 5.41. The molecule has 0 aliphatic rings. The van der Waals surface area contributed by atoms with Crippen molar-refractivity contribution in [3.63, 3.8) is 0 Å². The molecule has 0 bridgehead atoms. The molecule has 3 aromatic rings. The van der Waals surface area contributed by atoms with Gasteiger partial charge in [0.05, 0.1) is 11.9 Å². The smallest absolute Gasteiger partial charge is 0.269 e. The van der Waals surface area contributed by atoms with Gasteiger partial charge in [-0.05, 0) is 42.8 Å². The first-order valence-electron chi connectivity index (χ1n) is 7.73. The maximum atomic E-state index is 12.2. The lowest BCUT2D eigenvalue weighted by Crippen LogP contribution is -2.42. The second kappa shape index (κ2) is 7.31. The summed E-state index contributed by atoms with van der Waals surface area (Å²) in [5, 5.41) is 8.63. The monoisotopic (exact) mass is 357 g/mol. The minimum Gasteiger partial charge on any atom is -0.273 e. The molecule has 8 heteroatoms. The molecule has 2 amide bonds. The Labute approximate surface area is 148 Å². The fourth-order valence-electron chi connectivity index (χ4n) is 2.38. The van der Waals surface area contributed by atoms with Gasteiger partial charge in [-0.1, -0.05) is 28.9 Å². The molecule has 0 atom stereocenters. The Morgan fingerprint density at radius 1 is 1.12 bits per heavy atom. The maximum absolute atomic E-state index is 12.2. The number of hydrazine groups is 1. The van der Waals surface area contributed by atoms with Gasteiger partial charge >= 0.3 is 0 Å². The molecule has 2 aromatic carbocycles. The minimum absolute atomic E-state index is 0.140. The number of carbonyl (C=O) groups is 2. The van der Waals surface area contributed by atoms with Crippen LogP contribution in [0.25, 0.3) is 11.0 Å². The van der Waals surface area contributed by atoms with Gasteiger partial charge in [-0.3, -0.25) is 20.4 Å². The van der Waals surface area contributed by atoms with Crippen LogP contribution < -0.4 is 10.9 Å². The average molecular weight is 358 g/mol. The van der Waals surface area contributed by atoms with Crippen molar-refractivity contribution in [1.82, 2.24) is 25.8 Å². The van der Waals surface area contributed by atoms with E-state index in [1.54, 1.807) is 47.1 Å². The molecule has 3 rings (SSSR count). The molecule has 25 heavy (non-hydrogen) atoms. The molecule has 0 fully saturated rings. The van der Waals surface area contributed by atoms with Gasteiger partial charge in [-0.2, -0.15) is 0 Å². The van der Waals surface area contributed by atoms with Crippen LogP contribution in [0.15, 0.2) is 42.5 Å². The molecule has 1 heterocycles. The van der Waals surface area contributed by atoms with Crippen LogP contribution in [0.5, 0.6) is 0 Å². The number of carbonyl (C=O) groups excluding carboxylic acids is 2. The Kier molecular flexibility index (Phi) is 4.95. The Morgan fingerprint density at radius 3 is 2.60 bits per heavy atom. The van der Waals surface area contributed by atoms with E-state index in [9.17, 15) is 9.59 Å². The van der Waals surface area contributed by atoms with E-state index in [4.69, 9.17) is 11.6 Å².